The first-order chi connectivity index (χ1) is 31.3. The van der Waals surface area contributed by atoms with Gasteiger partial charge in [0.15, 0.2) is 8.07 Å². The third-order valence-corrected chi connectivity index (χ3v) is 17.8. The Balaban J connectivity index is 1.13. The van der Waals surface area contributed by atoms with Crippen molar-refractivity contribution in [3.05, 3.63) is 255 Å². The third-order valence-electron chi connectivity index (χ3n) is 13.1. The third kappa shape index (κ3) is 5.85. The van der Waals surface area contributed by atoms with Crippen LogP contribution in [0, 0.1) is 0 Å². The first-order valence-corrected chi connectivity index (χ1v) is 23.8. The minimum absolute atomic E-state index is 1.13. The number of hydrogen-bond donors (Lipinski definition) is 0. The monoisotopic (exact) mass is 818 g/mol. The quantitative estimate of drug-likeness (QED) is 0.107. The first-order valence-electron chi connectivity index (χ1n) is 21.8. The Hall–Kier alpha value is -7.98. The average Bonchev–Trinajstić information content (AvgIpc) is 3.88. The Morgan fingerprint density at radius 2 is 0.746 bits per heavy atom. The highest BCUT2D eigenvalue weighted by atomic mass is 28.3. The Labute approximate surface area is 368 Å². The fraction of sp³-hybridized carbons (Fsp3) is 0. The molecule has 296 valence electrons. The maximum Gasteiger partial charge on any atom is 0.179 e. The van der Waals surface area contributed by atoms with Crippen molar-refractivity contribution >= 4 is 72.4 Å². The van der Waals surface area contributed by atoms with Crippen molar-refractivity contribution in [2.45, 2.75) is 0 Å². The van der Waals surface area contributed by atoms with E-state index in [1.165, 1.54) is 92.3 Å². The van der Waals surface area contributed by atoms with Crippen LogP contribution in [0.25, 0.3) is 77.2 Å². The molecule has 0 N–H and O–H groups in total. The molecule has 2 nitrogen and oxygen atoms in total. The molecule has 0 spiro atoms. The Morgan fingerprint density at radius 1 is 0.270 bits per heavy atom. The number of fused-ring (bicyclic) bond motifs is 6. The van der Waals surface area contributed by atoms with Crippen LogP contribution in [0.15, 0.2) is 255 Å². The molecule has 0 fully saturated rings. The van der Waals surface area contributed by atoms with E-state index in [0.717, 1.165) is 5.69 Å². The van der Waals surface area contributed by atoms with Crippen LogP contribution in [0.5, 0.6) is 0 Å². The highest BCUT2D eigenvalue weighted by molar-refractivity contribution is 7.20. The normalized spacial score (nSPS) is 11.8. The van der Waals surface area contributed by atoms with Crippen LogP contribution in [-0.4, -0.2) is 17.2 Å². The topological polar surface area (TPSA) is 9.86 Å². The van der Waals surface area contributed by atoms with Gasteiger partial charge in [0, 0.05) is 27.2 Å². The Morgan fingerprint density at radius 3 is 1.40 bits per heavy atom. The molecule has 0 aliphatic carbocycles. The van der Waals surface area contributed by atoms with E-state index < -0.39 is 8.07 Å². The largest absolute Gasteiger partial charge is 0.309 e. The van der Waals surface area contributed by atoms with E-state index in [0.29, 0.717) is 0 Å². The molecule has 0 atom stereocenters. The minimum Gasteiger partial charge on any atom is -0.309 e. The number of hydrogen-bond acceptors (Lipinski definition) is 0. The Kier molecular flexibility index (Phi) is 8.87. The van der Waals surface area contributed by atoms with Crippen molar-refractivity contribution in [3.63, 3.8) is 0 Å². The van der Waals surface area contributed by atoms with Gasteiger partial charge in [0.1, 0.15) is 0 Å². The number of benzene rings is 10. The molecule has 0 bridgehead atoms. The SMILES string of the molecule is c1ccc(-c2ccccc2-c2cccc(-n3c4ccccc4c4c(-n5c6ccccc6c6ccc([Si](c7ccccc7)(c7ccccc7)c7ccccc7)cc65)cccc43)c2)cc1. The summed E-state index contributed by atoms with van der Waals surface area (Å²) in [5.74, 6) is 0. The predicted octanol–water partition coefficient (Wildman–Crippen LogP) is 12.6. The maximum atomic E-state index is 2.54. The molecule has 2 aromatic heterocycles. The van der Waals surface area contributed by atoms with Gasteiger partial charge in [-0.2, -0.15) is 0 Å². The summed E-state index contributed by atoms with van der Waals surface area (Å²) in [6.45, 7) is 0. The van der Waals surface area contributed by atoms with Crippen LogP contribution in [0.3, 0.4) is 0 Å². The number of aromatic nitrogens is 2. The lowest BCUT2D eigenvalue weighted by Crippen LogP contribution is -2.74. The lowest BCUT2D eigenvalue weighted by atomic mass is 9.94. The minimum atomic E-state index is -2.80. The summed E-state index contributed by atoms with van der Waals surface area (Å²) in [5, 5.41) is 10.4. The second-order valence-corrected chi connectivity index (χ2v) is 20.2. The molecule has 12 rings (SSSR count). The van der Waals surface area contributed by atoms with Crippen LogP contribution in [0.1, 0.15) is 0 Å². The van der Waals surface area contributed by atoms with Crippen LogP contribution in [0.4, 0.5) is 0 Å². The summed E-state index contributed by atoms with van der Waals surface area (Å²) in [6, 6.07) is 94.2. The van der Waals surface area contributed by atoms with Gasteiger partial charge in [-0.05, 0) is 85.5 Å². The number of rotatable bonds is 8. The van der Waals surface area contributed by atoms with Gasteiger partial charge in [0.2, 0.25) is 0 Å². The molecule has 0 saturated carbocycles. The molecular weight excluding hydrogens is 777 g/mol. The molecule has 63 heavy (non-hydrogen) atoms. The van der Waals surface area contributed by atoms with E-state index in [-0.39, 0.29) is 0 Å². The summed E-state index contributed by atoms with van der Waals surface area (Å²) in [5.41, 5.74) is 11.9. The van der Waals surface area contributed by atoms with E-state index >= 15 is 0 Å². The van der Waals surface area contributed by atoms with Crippen LogP contribution < -0.4 is 20.7 Å². The van der Waals surface area contributed by atoms with Gasteiger partial charge >= 0.3 is 0 Å². The lowest BCUT2D eigenvalue weighted by Gasteiger charge is -2.34. The highest BCUT2D eigenvalue weighted by Crippen LogP contribution is 2.41. The summed E-state index contributed by atoms with van der Waals surface area (Å²) in [4.78, 5) is 0. The first kappa shape index (κ1) is 36.8. The van der Waals surface area contributed by atoms with E-state index in [9.17, 15) is 0 Å². The van der Waals surface area contributed by atoms with Crippen LogP contribution in [-0.2, 0) is 0 Å². The van der Waals surface area contributed by atoms with E-state index in [4.69, 9.17) is 0 Å². The van der Waals surface area contributed by atoms with Crippen molar-refractivity contribution in [2.75, 3.05) is 0 Å². The zero-order valence-electron chi connectivity index (χ0n) is 34.6. The molecule has 10 aromatic carbocycles. The Bertz CT molecular complexity index is 3510. The van der Waals surface area contributed by atoms with Crippen molar-refractivity contribution in [2.24, 2.45) is 0 Å². The van der Waals surface area contributed by atoms with E-state index in [1.807, 2.05) is 0 Å². The van der Waals surface area contributed by atoms with Gasteiger partial charge in [-0.3, -0.25) is 0 Å². The van der Waals surface area contributed by atoms with Gasteiger partial charge in [-0.1, -0.05) is 212 Å². The second-order valence-electron chi connectivity index (χ2n) is 16.4. The molecule has 0 saturated heterocycles. The fourth-order valence-electron chi connectivity index (χ4n) is 10.4. The predicted molar refractivity (Wildman–Crippen MR) is 270 cm³/mol. The zero-order valence-corrected chi connectivity index (χ0v) is 35.6. The average molecular weight is 819 g/mol. The summed E-state index contributed by atoms with van der Waals surface area (Å²) >= 11 is 0. The molecule has 0 aliphatic rings. The van der Waals surface area contributed by atoms with Gasteiger partial charge < -0.3 is 9.13 Å². The molecule has 3 heteroatoms. The maximum absolute atomic E-state index is 2.80. The van der Waals surface area contributed by atoms with Gasteiger partial charge in [0.05, 0.1) is 27.8 Å². The van der Waals surface area contributed by atoms with Crippen molar-refractivity contribution in [1.82, 2.24) is 9.13 Å². The number of nitrogens with zero attached hydrogens (tertiary/aromatic N) is 2. The summed E-state index contributed by atoms with van der Waals surface area (Å²) in [6.07, 6.45) is 0. The molecule has 0 unspecified atom stereocenters. The fourth-order valence-corrected chi connectivity index (χ4v) is 15.2. The van der Waals surface area contributed by atoms with Crippen LogP contribution in [0.2, 0.25) is 0 Å². The van der Waals surface area contributed by atoms with Crippen molar-refractivity contribution in [3.8, 4) is 33.6 Å². The smallest absolute Gasteiger partial charge is 0.179 e. The molecule has 2 heterocycles. The van der Waals surface area contributed by atoms with Gasteiger partial charge in [0.25, 0.3) is 0 Å². The molecule has 0 radical (unpaired) electrons. The van der Waals surface area contributed by atoms with Gasteiger partial charge in [-0.25, -0.2) is 0 Å². The van der Waals surface area contributed by atoms with E-state index in [1.54, 1.807) is 0 Å². The molecular formula is C60H42N2Si. The van der Waals surface area contributed by atoms with Crippen LogP contribution >= 0.6 is 0 Å². The molecule has 0 amide bonds. The highest BCUT2D eigenvalue weighted by Gasteiger charge is 2.41. The van der Waals surface area contributed by atoms with Gasteiger partial charge in [-0.15, -0.1) is 0 Å². The van der Waals surface area contributed by atoms with Crippen molar-refractivity contribution < 1.29 is 0 Å². The molecule has 0 aliphatic heterocycles. The summed E-state index contributed by atoms with van der Waals surface area (Å²) < 4.78 is 5.00. The van der Waals surface area contributed by atoms with E-state index in [2.05, 4.69) is 264 Å². The lowest BCUT2D eigenvalue weighted by molar-refractivity contribution is 1.17. The standard InChI is InChI=1S/C60H42N2Si/c1-5-21-43(22-6-1)50-31-13-14-32-51(50)44-23-19-24-45(41-44)61-56-36-18-16-34-54(56)60-57(61)37-20-38-58(60)62-55-35-17-15-33-52(55)53-40-39-49(42-59(53)62)63(46-25-7-2-8-26-46,47-27-9-3-10-28-47)48-29-11-4-12-30-48/h1-42H. The number of para-hydroxylation sites is 2. The zero-order chi connectivity index (χ0) is 41.7. The second kappa shape index (κ2) is 15.2. The van der Waals surface area contributed by atoms with Crippen molar-refractivity contribution in [1.29, 1.82) is 0 Å². The molecule has 12 aromatic rings. The summed E-state index contributed by atoms with van der Waals surface area (Å²) in [7, 11) is -2.80.